The van der Waals surface area contributed by atoms with Gasteiger partial charge in [0, 0.05) is 18.8 Å². The maximum absolute atomic E-state index is 13.8. The molecular formula is C14H15FN4O. The van der Waals surface area contributed by atoms with E-state index in [1.165, 1.54) is 25.1 Å². The van der Waals surface area contributed by atoms with Gasteiger partial charge in [-0.25, -0.2) is 9.37 Å². The predicted molar refractivity (Wildman–Crippen MR) is 75.5 cm³/mol. The summed E-state index contributed by atoms with van der Waals surface area (Å²) in [6, 6.07) is 4.29. The van der Waals surface area contributed by atoms with Crippen molar-refractivity contribution in [2.45, 2.75) is 20.8 Å². The van der Waals surface area contributed by atoms with Crippen molar-refractivity contribution in [2.24, 2.45) is 0 Å². The number of benzene rings is 1. The first-order valence-corrected chi connectivity index (χ1v) is 6.10. The number of carbonyl (C=O) groups excluding carboxylic acids is 1. The molecule has 0 bridgehead atoms. The predicted octanol–water partition coefficient (Wildman–Crippen LogP) is 2.93. The Balaban J connectivity index is 2.32. The van der Waals surface area contributed by atoms with Gasteiger partial charge in [0.2, 0.25) is 5.91 Å². The summed E-state index contributed by atoms with van der Waals surface area (Å²) >= 11 is 0. The van der Waals surface area contributed by atoms with E-state index in [-0.39, 0.29) is 11.6 Å². The SMILES string of the molecule is CC(=O)Nc1ccc(F)c(Nc2nc(C)cnc2C)c1. The third-order valence-corrected chi connectivity index (χ3v) is 2.62. The Morgan fingerprint density at radius 3 is 2.75 bits per heavy atom. The van der Waals surface area contributed by atoms with Crippen LogP contribution in [-0.2, 0) is 4.79 Å². The van der Waals surface area contributed by atoms with Crippen molar-refractivity contribution in [3.05, 3.63) is 41.6 Å². The van der Waals surface area contributed by atoms with E-state index in [0.29, 0.717) is 17.2 Å². The molecule has 0 spiro atoms. The van der Waals surface area contributed by atoms with E-state index in [2.05, 4.69) is 20.6 Å². The number of anilines is 3. The van der Waals surface area contributed by atoms with Crippen molar-refractivity contribution in [1.29, 1.82) is 0 Å². The highest BCUT2D eigenvalue weighted by molar-refractivity contribution is 5.89. The normalized spacial score (nSPS) is 10.2. The average Bonchev–Trinajstić information content (AvgIpc) is 2.37. The molecule has 1 aromatic carbocycles. The molecule has 0 aliphatic heterocycles. The summed E-state index contributed by atoms with van der Waals surface area (Å²) in [4.78, 5) is 19.4. The first-order valence-electron chi connectivity index (χ1n) is 6.10. The fourth-order valence-corrected chi connectivity index (χ4v) is 1.69. The number of carbonyl (C=O) groups is 1. The monoisotopic (exact) mass is 274 g/mol. The number of halogens is 1. The third kappa shape index (κ3) is 3.28. The molecule has 0 saturated carbocycles. The van der Waals surface area contributed by atoms with Crippen LogP contribution in [0.1, 0.15) is 18.3 Å². The van der Waals surface area contributed by atoms with Crippen LogP contribution in [0, 0.1) is 19.7 Å². The molecule has 2 aromatic rings. The zero-order valence-corrected chi connectivity index (χ0v) is 11.5. The smallest absolute Gasteiger partial charge is 0.221 e. The van der Waals surface area contributed by atoms with Crippen LogP contribution in [0.5, 0.6) is 0 Å². The van der Waals surface area contributed by atoms with Crippen LogP contribution in [0.3, 0.4) is 0 Å². The number of aromatic nitrogens is 2. The molecule has 1 aromatic heterocycles. The molecule has 0 atom stereocenters. The molecule has 2 rings (SSSR count). The molecule has 0 fully saturated rings. The summed E-state index contributed by atoms with van der Waals surface area (Å²) in [5.74, 6) is -0.153. The van der Waals surface area contributed by atoms with Gasteiger partial charge in [0.15, 0.2) is 5.82 Å². The lowest BCUT2D eigenvalue weighted by atomic mass is 10.2. The number of rotatable bonds is 3. The Morgan fingerprint density at radius 1 is 1.30 bits per heavy atom. The Morgan fingerprint density at radius 2 is 2.05 bits per heavy atom. The minimum atomic E-state index is -0.429. The largest absolute Gasteiger partial charge is 0.336 e. The molecule has 20 heavy (non-hydrogen) atoms. The Hall–Kier alpha value is -2.50. The van der Waals surface area contributed by atoms with Gasteiger partial charge >= 0.3 is 0 Å². The molecular weight excluding hydrogens is 259 g/mol. The van der Waals surface area contributed by atoms with Crippen LogP contribution in [-0.4, -0.2) is 15.9 Å². The van der Waals surface area contributed by atoms with E-state index in [1.807, 2.05) is 6.92 Å². The highest BCUT2D eigenvalue weighted by Crippen LogP contribution is 2.24. The number of aryl methyl sites for hydroxylation is 2. The molecule has 5 nitrogen and oxygen atoms in total. The molecule has 2 N–H and O–H groups in total. The third-order valence-electron chi connectivity index (χ3n) is 2.62. The lowest BCUT2D eigenvalue weighted by Gasteiger charge is -2.11. The average molecular weight is 274 g/mol. The summed E-state index contributed by atoms with van der Waals surface area (Å²) in [5, 5.41) is 5.50. The highest BCUT2D eigenvalue weighted by atomic mass is 19.1. The molecule has 0 radical (unpaired) electrons. The molecule has 0 aliphatic carbocycles. The van der Waals surface area contributed by atoms with E-state index in [1.54, 1.807) is 13.1 Å². The van der Waals surface area contributed by atoms with Crippen molar-refractivity contribution < 1.29 is 9.18 Å². The van der Waals surface area contributed by atoms with Gasteiger partial charge < -0.3 is 10.6 Å². The number of nitrogens with zero attached hydrogens (tertiary/aromatic N) is 2. The summed E-state index contributed by atoms with van der Waals surface area (Å²) < 4.78 is 13.8. The van der Waals surface area contributed by atoms with Crippen LogP contribution in [0.25, 0.3) is 0 Å². The molecule has 0 saturated heterocycles. The lowest BCUT2D eigenvalue weighted by Crippen LogP contribution is -2.07. The highest BCUT2D eigenvalue weighted by Gasteiger charge is 2.08. The van der Waals surface area contributed by atoms with Gasteiger partial charge in [-0.15, -0.1) is 0 Å². The second-order valence-electron chi connectivity index (χ2n) is 4.45. The van der Waals surface area contributed by atoms with Gasteiger partial charge in [-0.3, -0.25) is 9.78 Å². The van der Waals surface area contributed by atoms with Crippen LogP contribution in [0.2, 0.25) is 0 Å². The van der Waals surface area contributed by atoms with Crippen molar-refractivity contribution in [3.8, 4) is 0 Å². The fraction of sp³-hybridized carbons (Fsp3) is 0.214. The first-order chi connectivity index (χ1) is 9.45. The summed E-state index contributed by atoms with van der Waals surface area (Å²) in [5.41, 5.74) is 2.15. The fourth-order valence-electron chi connectivity index (χ4n) is 1.69. The summed E-state index contributed by atoms with van der Waals surface area (Å²) in [6.45, 7) is 4.98. The van der Waals surface area contributed by atoms with Gasteiger partial charge in [-0.05, 0) is 32.0 Å². The van der Waals surface area contributed by atoms with Crippen LogP contribution < -0.4 is 10.6 Å². The lowest BCUT2D eigenvalue weighted by molar-refractivity contribution is -0.114. The van der Waals surface area contributed by atoms with Crippen molar-refractivity contribution in [1.82, 2.24) is 9.97 Å². The standard InChI is InChI=1S/C14H15FN4O/c1-8-7-16-9(2)14(17-8)19-13-6-11(18-10(3)20)4-5-12(13)15/h4-7H,1-3H3,(H,17,19)(H,18,20). The van der Waals surface area contributed by atoms with Gasteiger partial charge in [-0.1, -0.05) is 0 Å². The van der Waals surface area contributed by atoms with E-state index >= 15 is 0 Å². The van der Waals surface area contributed by atoms with E-state index in [0.717, 1.165) is 5.69 Å². The Bertz CT molecular complexity index is 658. The molecule has 1 amide bonds. The van der Waals surface area contributed by atoms with Crippen molar-refractivity contribution >= 4 is 23.1 Å². The van der Waals surface area contributed by atoms with Crippen LogP contribution in [0.4, 0.5) is 21.6 Å². The topological polar surface area (TPSA) is 66.9 Å². The van der Waals surface area contributed by atoms with Crippen LogP contribution in [0.15, 0.2) is 24.4 Å². The molecule has 0 aliphatic rings. The van der Waals surface area contributed by atoms with Crippen LogP contribution >= 0.6 is 0 Å². The number of hydrogen-bond donors (Lipinski definition) is 2. The first kappa shape index (κ1) is 13.9. The second-order valence-corrected chi connectivity index (χ2v) is 4.45. The van der Waals surface area contributed by atoms with Gasteiger partial charge in [0.25, 0.3) is 0 Å². The number of amides is 1. The minimum Gasteiger partial charge on any atom is -0.336 e. The zero-order valence-electron chi connectivity index (χ0n) is 11.5. The van der Waals surface area contributed by atoms with Gasteiger partial charge in [0.05, 0.1) is 17.1 Å². The summed E-state index contributed by atoms with van der Waals surface area (Å²) in [7, 11) is 0. The Labute approximate surface area is 116 Å². The quantitative estimate of drug-likeness (QED) is 0.903. The van der Waals surface area contributed by atoms with E-state index in [9.17, 15) is 9.18 Å². The number of hydrogen-bond acceptors (Lipinski definition) is 4. The summed E-state index contributed by atoms with van der Waals surface area (Å²) in [6.07, 6.45) is 1.64. The Kier molecular flexibility index (Phi) is 3.93. The minimum absolute atomic E-state index is 0.214. The zero-order chi connectivity index (χ0) is 14.7. The van der Waals surface area contributed by atoms with E-state index < -0.39 is 5.82 Å². The van der Waals surface area contributed by atoms with Crippen molar-refractivity contribution in [3.63, 3.8) is 0 Å². The van der Waals surface area contributed by atoms with Gasteiger partial charge in [-0.2, -0.15) is 0 Å². The molecule has 6 heteroatoms. The van der Waals surface area contributed by atoms with E-state index in [4.69, 9.17) is 0 Å². The second kappa shape index (κ2) is 5.64. The molecule has 0 unspecified atom stereocenters. The van der Waals surface area contributed by atoms with Crippen molar-refractivity contribution in [2.75, 3.05) is 10.6 Å². The molecule has 104 valence electrons. The maximum atomic E-state index is 13.8. The van der Waals surface area contributed by atoms with Gasteiger partial charge in [0.1, 0.15) is 5.82 Å². The maximum Gasteiger partial charge on any atom is 0.221 e. The molecule has 1 heterocycles. The number of nitrogens with one attached hydrogen (secondary N) is 2.